The number of ether oxygens (including phenoxy) is 1. The van der Waals surface area contributed by atoms with Gasteiger partial charge in [0.2, 0.25) is 0 Å². The third kappa shape index (κ3) is 2.70. The molecule has 0 aliphatic rings. The topological polar surface area (TPSA) is 55.0 Å². The van der Waals surface area contributed by atoms with E-state index >= 15 is 0 Å². The first-order valence-corrected chi connectivity index (χ1v) is 5.06. The molecule has 0 saturated carbocycles. The second-order valence-electron chi connectivity index (χ2n) is 3.29. The lowest BCUT2D eigenvalue weighted by atomic mass is 10.2. The number of aromatic nitrogens is 2. The van der Waals surface area contributed by atoms with E-state index in [-0.39, 0.29) is 5.97 Å². The predicted octanol–water partition coefficient (Wildman–Crippen LogP) is 1.81. The van der Waals surface area contributed by atoms with Gasteiger partial charge in [0, 0.05) is 18.8 Å². The van der Waals surface area contributed by atoms with E-state index < -0.39 is 0 Å². The van der Waals surface area contributed by atoms with E-state index in [1.165, 1.54) is 0 Å². The number of carbonyl (C=O) groups is 1. The molecule has 1 N–H and O–H groups in total. The summed E-state index contributed by atoms with van der Waals surface area (Å²) in [7, 11) is 0. The van der Waals surface area contributed by atoms with Crippen LogP contribution in [-0.2, 0) is 11.2 Å². The van der Waals surface area contributed by atoms with Gasteiger partial charge in [-0.1, -0.05) is 18.2 Å². The van der Waals surface area contributed by atoms with Crippen LogP contribution in [0.5, 0.6) is 0 Å². The molecular weight excluding hydrogens is 204 g/mol. The standard InChI is InChI=1S/C12H12N2O2/c15-12(10-4-2-1-3-5-10)16-9-6-11-13-7-8-14-11/h1-5,7-8H,6,9H2,(H,13,14). The van der Waals surface area contributed by atoms with Gasteiger partial charge in [-0.2, -0.15) is 0 Å². The average Bonchev–Trinajstić information content (AvgIpc) is 2.83. The molecule has 2 aromatic rings. The van der Waals surface area contributed by atoms with Gasteiger partial charge in [0.05, 0.1) is 12.2 Å². The van der Waals surface area contributed by atoms with Crippen molar-refractivity contribution >= 4 is 5.97 Å². The second-order valence-corrected chi connectivity index (χ2v) is 3.29. The summed E-state index contributed by atoms with van der Waals surface area (Å²) in [6.07, 6.45) is 4.02. The number of esters is 1. The molecule has 0 unspecified atom stereocenters. The summed E-state index contributed by atoms with van der Waals surface area (Å²) in [6, 6.07) is 8.94. The number of rotatable bonds is 4. The Bertz CT molecular complexity index is 437. The van der Waals surface area contributed by atoms with Crippen molar-refractivity contribution in [3.8, 4) is 0 Å². The van der Waals surface area contributed by atoms with Crippen LogP contribution in [0, 0.1) is 0 Å². The normalized spacial score (nSPS) is 10.0. The molecule has 0 radical (unpaired) electrons. The van der Waals surface area contributed by atoms with Gasteiger partial charge < -0.3 is 9.72 Å². The average molecular weight is 216 g/mol. The number of H-pyrrole nitrogens is 1. The van der Waals surface area contributed by atoms with E-state index in [4.69, 9.17) is 4.74 Å². The molecule has 0 amide bonds. The Morgan fingerprint density at radius 3 is 2.81 bits per heavy atom. The minimum Gasteiger partial charge on any atom is -0.462 e. The van der Waals surface area contributed by atoms with Crippen LogP contribution in [-0.4, -0.2) is 22.5 Å². The zero-order valence-electron chi connectivity index (χ0n) is 8.72. The molecule has 82 valence electrons. The van der Waals surface area contributed by atoms with Crippen molar-refractivity contribution in [1.29, 1.82) is 0 Å². The van der Waals surface area contributed by atoms with E-state index in [2.05, 4.69) is 9.97 Å². The van der Waals surface area contributed by atoms with Gasteiger partial charge in [-0.15, -0.1) is 0 Å². The SMILES string of the molecule is O=C(OCCc1ncc[nH]1)c1ccccc1. The molecule has 1 heterocycles. The first-order chi connectivity index (χ1) is 7.86. The molecule has 0 spiro atoms. The van der Waals surface area contributed by atoms with Crippen LogP contribution >= 0.6 is 0 Å². The number of imidazole rings is 1. The molecule has 4 heteroatoms. The van der Waals surface area contributed by atoms with E-state index in [0.29, 0.717) is 18.6 Å². The van der Waals surface area contributed by atoms with Crippen LogP contribution < -0.4 is 0 Å². The highest BCUT2D eigenvalue weighted by molar-refractivity contribution is 5.89. The largest absolute Gasteiger partial charge is 0.462 e. The van der Waals surface area contributed by atoms with Gasteiger partial charge in [0.25, 0.3) is 0 Å². The van der Waals surface area contributed by atoms with Gasteiger partial charge in [-0.3, -0.25) is 0 Å². The number of nitrogens with one attached hydrogen (secondary N) is 1. The Morgan fingerprint density at radius 2 is 2.12 bits per heavy atom. The van der Waals surface area contributed by atoms with Crippen LogP contribution in [0.3, 0.4) is 0 Å². The Kier molecular flexibility index (Phi) is 3.33. The van der Waals surface area contributed by atoms with E-state index in [0.717, 1.165) is 5.82 Å². The van der Waals surface area contributed by atoms with Crippen molar-refractivity contribution in [3.63, 3.8) is 0 Å². The van der Waals surface area contributed by atoms with E-state index in [1.807, 2.05) is 18.2 Å². The Hall–Kier alpha value is -2.10. The molecule has 1 aromatic heterocycles. The zero-order valence-corrected chi connectivity index (χ0v) is 8.72. The Labute approximate surface area is 93.3 Å². The maximum atomic E-state index is 11.5. The molecule has 0 aliphatic carbocycles. The quantitative estimate of drug-likeness (QED) is 0.793. The van der Waals surface area contributed by atoms with E-state index in [1.54, 1.807) is 24.5 Å². The molecule has 0 bridgehead atoms. The fourth-order valence-electron chi connectivity index (χ4n) is 1.33. The van der Waals surface area contributed by atoms with Crippen molar-refractivity contribution in [3.05, 3.63) is 54.1 Å². The van der Waals surface area contributed by atoms with Crippen LogP contribution in [0.15, 0.2) is 42.7 Å². The lowest BCUT2D eigenvalue weighted by Gasteiger charge is -2.02. The Balaban J connectivity index is 1.81. The lowest BCUT2D eigenvalue weighted by molar-refractivity contribution is 0.0507. The number of hydrogen-bond acceptors (Lipinski definition) is 3. The number of nitrogens with zero attached hydrogens (tertiary/aromatic N) is 1. The van der Waals surface area contributed by atoms with E-state index in [9.17, 15) is 4.79 Å². The molecule has 1 aromatic carbocycles. The highest BCUT2D eigenvalue weighted by Crippen LogP contribution is 2.01. The fraction of sp³-hybridized carbons (Fsp3) is 0.167. The monoisotopic (exact) mass is 216 g/mol. The molecule has 0 fully saturated rings. The van der Waals surface area contributed by atoms with Gasteiger partial charge in [-0.05, 0) is 12.1 Å². The Morgan fingerprint density at radius 1 is 1.31 bits per heavy atom. The smallest absolute Gasteiger partial charge is 0.338 e. The molecule has 0 aliphatic heterocycles. The maximum absolute atomic E-state index is 11.5. The summed E-state index contributed by atoms with van der Waals surface area (Å²) in [6.45, 7) is 0.335. The van der Waals surface area contributed by atoms with Gasteiger partial charge in [-0.25, -0.2) is 9.78 Å². The first kappa shape index (κ1) is 10.4. The summed E-state index contributed by atoms with van der Waals surface area (Å²) in [5, 5.41) is 0. The summed E-state index contributed by atoms with van der Waals surface area (Å²) >= 11 is 0. The molecule has 4 nitrogen and oxygen atoms in total. The maximum Gasteiger partial charge on any atom is 0.338 e. The van der Waals surface area contributed by atoms with Crippen LogP contribution in [0.4, 0.5) is 0 Å². The number of carbonyl (C=O) groups excluding carboxylic acids is 1. The van der Waals surface area contributed by atoms with Crippen LogP contribution in [0.1, 0.15) is 16.2 Å². The second kappa shape index (κ2) is 5.11. The van der Waals surface area contributed by atoms with Crippen molar-refractivity contribution in [2.45, 2.75) is 6.42 Å². The number of benzene rings is 1. The van der Waals surface area contributed by atoms with Gasteiger partial charge in [0.1, 0.15) is 5.82 Å². The minimum atomic E-state index is -0.299. The minimum absolute atomic E-state index is 0.299. The summed E-state index contributed by atoms with van der Waals surface area (Å²) in [5.41, 5.74) is 0.571. The van der Waals surface area contributed by atoms with Crippen LogP contribution in [0.2, 0.25) is 0 Å². The van der Waals surface area contributed by atoms with Gasteiger partial charge in [0.15, 0.2) is 0 Å². The highest BCUT2D eigenvalue weighted by atomic mass is 16.5. The third-order valence-corrected chi connectivity index (χ3v) is 2.14. The van der Waals surface area contributed by atoms with Gasteiger partial charge >= 0.3 is 5.97 Å². The molecule has 0 atom stereocenters. The zero-order chi connectivity index (χ0) is 11.2. The van der Waals surface area contributed by atoms with Crippen molar-refractivity contribution in [2.75, 3.05) is 6.61 Å². The number of aromatic amines is 1. The molecule has 2 rings (SSSR count). The van der Waals surface area contributed by atoms with Crippen molar-refractivity contribution < 1.29 is 9.53 Å². The molecular formula is C12H12N2O2. The highest BCUT2D eigenvalue weighted by Gasteiger charge is 2.05. The van der Waals surface area contributed by atoms with Crippen molar-refractivity contribution in [2.24, 2.45) is 0 Å². The van der Waals surface area contributed by atoms with Crippen molar-refractivity contribution in [1.82, 2.24) is 9.97 Å². The van der Waals surface area contributed by atoms with Crippen LogP contribution in [0.25, 0.3) is 0 Å². The number of hydrogen-bond donors (Lipinski definition) is 1. The molecule has 16 heavy (non-hydrogen) atoms. The lowest BCUT2D eigenvalue weighted by Crippen LogP contribution is -2.08. The third-order valence-electron chi connectivity index (χ3n) is 2.14. The fourth-order valence-corrected chi connectivity index (χ4v) is 1.33. The molecule has 0 saturated heterocycles. The summed E-state index contributed by atoms with van der Waals surface area (Å²) in [5.74, 6) is 0.521. The predicted molar refractivity (Wildman–Crippen MR) is 59.0 cm³/mol. The summed E-state index contributed by atoms with van der Waals surface area (Å²) < 4.78 is 5.10. The first-order valence-electron chi connectivity index (χ1n) is 5.06. The summed E-state index contributed by atoms with van der Waals surface area (Å²) in [4.78, 5) is 18.5.